The molecule has 0 radical (unpaired) electrons. The largest absolute Gasteiger partial charge is 0.461 e. The summed E-state index contributed by atoms with van der Waals surface area (Å²) in [4.78, 5) is 18.9. The van der Waals surface area contributed by atoms with E-state index in [1.165, 1.54) is 10.8 Å². The Kier molecular flexibility index (Phi) is 2.94. The van der Waals surface area contributed by atoms with Crippen molar-refractivity contribution in [3.63, 3.8) is 0 Å². The van der Waals surface area contributed by atoms with Crippen LogP contribution in [0.2, 0.25) is 0 Å². The summed E-state index contributed by atoms with van der Waals surface area (Å²) >= 11 is 0. The lowest BCUT2D eigenvalue weighted by molar-refractivity contribution is 0.0520. The molecule has 2 aromatic heterocycles. The van der Waals surface area contributed by atoms with Crippen molar-refractivity contribution in [3.8, 4) is 0 Å². The third kappa shape index (κ3) is 1.88. The smallest absolute Gasteiger partial charge is 0.355 e. The molecule has 23 heavy (non-hydrogen) atoms. The van der Waals surface area contributed by atoms with Crippen LogP contribution in [0.5, 0.6) is 0 Å². The van der Waals surface area contributed by atoms with E-state index in [-0.39, 0.29) is 5.97 Å². The maximum Gasteiger partial charge on any atom is 0.355 e. The zero-order valence-corrected chi connectivity index (χ0v) is 13.4. The first kappa shape index (κ1) is 13.9. The predicted octanol–water partition coefficient (Wildman–Crippen LogP) is 4.60. The van der Waals surface area contributed by atoms with E-state index in [1.54, 1.807) is 0 Å². The summed E-state index contributed by atoms with van der Waals surface area (Å²) in [7, 11) is 0. The maximum atomic E-state index is 12.1. The summed E-state index contributed by atoms with van der Waals surface area (Å²) in [6.45, 7) is 6.25. The van der Waals surface area contributed by atoms with Gasteiger partial charge in [-0.25, -0.2) is 4.79 Å². The first-order valence-corrected chi connectivity index (χ1v) is 7.81. The molecule has 2 aromatic carbocycles. The molecular weight excluding hydrogens is 288 g/mol. The second-order valence-electron chi connectivity index (χ2n) is 5.86. The number of ether oxygens (including phenoxy) is 1. The highest BCUT2D eigenvalue weighted by molar-refractivity contribution is 6.14. The van der Waals surface area contributed by atoms with Gasteiger partial charge in [-0.1, -0.05) is 18.2 Å². The molecule has 0 unspecified atom stereocenters. The molecule has 0 aliphatic carbocycles. The first-order chi connectivity index (χ1) is 11.1. The molecule has 4 rings (SSSR count). The summed E-state index contributed by atoms with van der Waals surface area (Å²) in [6.07, 6.45) is 0. The maximum absolute atomic E-state index is 12.1. The Hall–Kier alpha value is -2.75. The Morgan fingerprint density at radius 2 is 1.83 bits per heavy atom. The molecule has 0 spiro atoms. The van der Waals surface area contributed by atoms with Gasteiger partial charge in [-0.05, 0) is 44.0 Å². The second-order valence-corrected chi connectivity index (χ2v) is 5.86. The van der Waals surface area contributed by atoms with Crippen LogP contribution in [0.1, 0.15) is 28.5 Å². The van der Waals surface area contributed by atoms with Crippen molar-refractivity contribution in [2.45, 2.75) is 20.8 Å². The minimum absolute atomic E-state index is 0.297. The van der Waals surface area contributed by atoms with Gasteiger partial charge in [-0.2, -0.15) is 0 Å². The number of fused-ring (bicyclic) bond motifs is 4. The summed E-state index contributed by atoms with van der Waals surface area (Å²) in [6, 6.07) is 10.4. The number of aromatic nitrogens is 2. The molecule has 0 saturated heterocycles. The van der Waals surface area contributed by atoms with Gasteiger partial charge in [0.2, 0.25) is 0 Å². The molecule has 4 heteroatoms. The van der Waals surface area contributed by atoms with E-state index in [0.29, 0.717) is 12.3 Å². The monoisotopic (exact) mass is 306 g/mol. The van der Waals surface area contributed by atoms with Crippen LogP contribution in [0.4, 0.5) is 0 Å². The van der Waals surface area contributed by atoms with Crippen molar-refractivity contribution in [2.75, 3.05) is 6.61 Å². The molecule has 116 valence electrons. The number of nitrogens with one attached hydrogen (secondary N) is 2. The van der Waals surface area contributed by atoms with Crippen molar-refractivity contribution in [2.24, 2.45) is 0 Å². The van der Waals surface area contributed by atoms with E-state index in [9.17, 15) is 4.79 Å². The van der Waals surface area contributed by atoms with Gasteiger partial charge in [0.1, 0.15) is 5.69 Å². The molecule has 0 fully saturated rings. The Morgan fingerprint density at radius 1 is 1.04 bits per heavy atom. The number of esters is 1. The van der Waals surface area contributed by atoms with E-state index < -0.39 is 0 Å². The normalized spacial score (nSPS) is 11.6. The van der Waals surface area contributed by atoms with Gasteiger partial charge in [0.05, 0.1) is 12.1 Å². The minimum atomic E-state index is -0.297. The summed E-state index contributed by atoms with van der Waals surface area (Å²) in [5, 5.41) is 3.45. The summed E-state index contributed by atoms with van der Waals surface area (Å²) in [5.41, 5.74) is 5.86. The number of carbonyl (C=O) groups excluding carboxylic acids is 1. The number of hydrogen-bond acceptors (Lipinski definition) is 2. The minimum Gasteiger partial charge on any atom is -0.461 e. The van der Waals surface area contributed by atoms with Gasteiger partial charge in [-0.15, -0.1) is 0 Å². The van der Waals surface area contributed by atoms with E-state index in [4.69, 9.17) is 4.74 Å². The lowest BCUT2D eigenvalue weighted by Gasteiger charge is -2.02. The molecule has 4 nitrogen and oxygen atoms in total. The Morgan fingerprint density at radius 3 is 2.61 bits per heavy atom. The highest BCUT2D eigenvalue weighted by atomic mass is 16.5. The van der Waals surface area contributed by atoms with Crippen molar-refractivity contribution in [3.05, 3.63) is 47.2 Å². The molecule has 0 aliphatic rings. The number of benzene rings is 2. The molecule has 2 N–H and O–H groups in total. The van der Waals surface area contributed by atoms with Gasteiger partial charge < -0.3 is 14.7 Å². The lowest BCUT2D eigenvalue weighted by atomic mass is 10.0. The zero-order valence-electron chi connectivity index (χ0n) is 13.4. The zero-order chi connectivity index (χ0) is 16.1. The summed E-state index contributed by atoms with van der Waals surface area (Å²) < 4.78 is 5.15. The number of para-hydroxylation sites is 1. The Bertz CT molecular complexity index is 1070. The van der Waals surface area contributed by atoms with Crippen molar-refractivity contribution >= 4 is 38.7 Å². The number of H-pyrrole nitrogens is 2. The number of carbonyl (C=O) groups is 1. The standard InChI is InChI=1S/C19H18N2O2/c1-4-23-19(22)18-11(3)16-10(2)17-13(9-15(16)21-18)12-7-5-6-8-14(12)20-17/h5-9,20-21H,4H2,1-3H3. The molecule has 0 saturated carbocycles. The molecule has 0 bridgehead atoms. The third-order valence-electron chi connectivity index (χ3n) is 4.54. The fourth-order valence-electron chi connectivity index (χ4n) is 3.50. The molecule has 4 aromatic rings. The van der Waals surface area contributed by atoms with Crippen LogP contribution < -0.4 is 0 Å². The van der Waals surface area contributed by atoms with Crippen LogP contribution in [-0.2, 0) is 4.74 Å². The van der Waals surface area contributed by atoms with Crippen LogP contribution in [0.15, 0.2) is 30.3 Å². The van der Waals surface area contributed by atoms with Crippen LogP contribution in [0, 0.1) is 13.8 Å². The highest BCUT2D eigenvalue weighted by Crippen LogP contribution is 2.35. The highest BCUT2D eigenvalue weighted by Gasteiger charge is 2.19. The van der Waals surface area contributed by atoms with Crippen molar-refractivity contribution in [1.29, 1.82) is 0 Å². The van der Waals surface area contributed by atoms with E-state index in [0.717, 1.165) is 33.1 Å². The van der Waals surface area contributed by atoms with E-state index in [2.05, 4.69) is 35.1 Å². The van der Waals surface area contributed by atoms with Gasteiger partial charge in [0.25, 0.3) is 0 Å². The van der Waals surface area contributed by atoms with Crippen LogP contribution in [-0.4, -0.2) is 22.5 Å². The van der Waals surface area contributed by atoms with Crippen molar-refractivity contribution in [1.82, 2.24) is 9.97 Å². The fourth-order valence-corrected chi connectivity index (χ4v) is 3.50. The number of aryl methyl sites for hydroxylation is 2. The second kappa shape index (κ2) is 4.88. The average Bonchev–Trinajstić information content (AvgIpc) is 3.07. The van der Waals surface area contributed by atoms with Crippen LogP contribution in [0.3, 0.4) is 0 Å². The molecule has 0 atom stereocenters. The number of aromatic amines is 2. The SMILES string of the molecule is CCOC(=O)c1[nH]c2cc3c([nH]c4ccccc43)c(C)c2c1C. The van der Waals surface area contributed by atoms with Gasteiger partial charge in [0, 0.05) is 27.2 Å². The van der Waals surface area contributed by atoms with Gasteiger partial charge in [-0.3, -0.25) is 0 Å². The average molecular weight is 306 g/mol. The quantitative estimate of drug-likeness (QED) is 0.532. The molecule has 2 heterocycles. The van der Waals surface area contributed by atoms with Crippen LogP contribution >= 0.6 is 0 Å². The van der Waals surface area contributed by atoms with Gasteiger partial charge in [0.15, 0.2) is 0 Å². The van der Waals surface area contributed by atoms with E-state index >= 15 is 0 Å². The topological polar surface area (TPSA) is 57.9 Å². The molecule has 0 aliphatic heterocycles. The Labute approximate surface area is 133 Å². The van der Waals surface area contributed by atoms with Crippen molar-refractivity contribution < 1.29 is 9.53 Å². The summed E-state index contributed by atoms with van der Waals surface area (Å²) in [5.74, 6) is -0.297. The Balaban J connectivity index is 2.08. The van der Waals surface area contributed by atoms with Crippen LogP contribution in [0.25, 0.3) is 32.7 Å². The van der Waals surface area contributed by atoms with Gasteiger partial charge >= 0.3 is 5.97 Å². The molecular formula is C19H18N2O2. The van der Waals surface area contributed by atoms with E-state index in [1.807, 2.05) is 26.0 Å². The number of rotatable bonds is 2. The predicted molar refractivity (Wildman–Crippen MR) is 93.1 cm³/mol. The third-order valence-corrected chi connectivity index (χ3v) is 4.54. The number of hydrogen-bond donors (Lipinski definition) is 2. The molecule has 0 amide bonds. The fraction of sp³-hybridized carbons (Fsp3) is 0.211. The lowest BCUT2D eigenvalue weighted by Crippen LogP contribution is -2.06. The first-order valence-electron chi connectivity index (χ1n) is 7.81.